The van der Waals surface area contributed by atoms with Crippen LogP contribution in [0, 0.1) is 5.41 Å². The smallest absolute Gasteiger partial charge is 0.244 e. The maximum absolute atomic E-state index is 12.1. The molecule has 0 fully saturated rings. The number of aromatic nitrogens is 1. The number of sulfonamides is 1. The zero-order chi connectivity index (χ0) is 13.3. The fraction of sp³-hybridized carbons (Fsp3) is 0.545. The van der Waals surface area contributed by atoms with Crippen LogP contribution in [0.3, 0.4) is 0 Å². The number of hydrogen-bond donors (Lipinski definition) is 2. The van der Waals surface area contributed by atoms with Gasteiger partial charge in [0.1, 0.15) is 10.7 Å². The number of nitrogen functional groups attached to an aromatic ring is 1. The highest BCUT2D eigenvalue weighted by Gasteiger charge is 2.27. The Hall–Kier alpha value is -1.14. The third-order valence-corrected chi connectivity index (χ3v) is 4.31. The minimum Gasteiger partial charge on any atom is -0.383 e. The summed E-state index contributed by atoms with van der Waals surface area (Å²) in [4.78, 5) is 3.80. The Labute approximate surface area is 102 Å². The maximum atomic E-state index is 12.1. The van der Waals surface area contributed by atoms with Crippen molar-refractivity contribution in [2.45, 2.75) is 38.6 Å². The molecule has 96 valence electrons. The van der Waals surface area contributed by atoms with Crippen molar-refractivity contribution in [2.75, 3.05) is 5.73 Å². The molecule has 5 nitrogen and oxygen atoms in total. The molecule has 0 aliphatic carbocycles. The zero-order valence-electron chi connectivity index (χ0n) is 10.6. The molecular weight excluding hydrogens is 238 g/mol. The van der Waals surface area contributed by atoms with Gasteiger partial charge in [0.05, 0.1) is 0 Å². The SMILES string of the molecule is CC(NS(=O)(=O)c1cccnc1N)C(C)(C)C. The standard InChI is InChI=1S/C11H19N3O2S/c1-8(11(2,3)4)14-17(15,16)9-6-5-7-13-10(9)12/h5-8,14H,1-4H3,(H2,12,13). The second-order valence-corrected chi connectivity index (χ2v) is 6.78. The number of nitrogens with one attached hydrogen (secondary N) is 1. The summed E-state index contributed by atoms with van der Waals surface area (Å²) < 4.78 is 26.8. The van der Waals surface area contributed by atoms with E-state index in [-0.39, 0.29) is 22.2 Å². The Balaban J connectivity index is 3.03. The van der Waals surface area contributed by atoms with E-state index in [1.165, 1.54) is 12.3 Å². The van der Waals surface area contributed by atoms with Crippen LogP contribution in [-0.4, -0.2) is 19.4 Å². The van der Waals surface area contributed by atoms with Crippen molar-refractivity contribution < 1.29 is 8.42 Å². The Morgan fingerprint density at radius 2 is 2.00 bits per heavy atom. The van der Waals surface area contributed by atoms with Gasteiger partial charge in [-0.05, 0) is 24.5 Å². The van der Waals surface area contributed by atoms with Crippen LogP contribution in [-0.2, 0) is 10.0 Å². The number of nitrogens with two attached hydrogens (primary N) is 1. The van der Waals surface area contributed by atoms with Crippen molar-refractivity contribution in [2.24, 2.45) is 5.41 Å². The van der Waals surface area contributed by atoms with E-state index in [0.29, 0.717) is 0 Å². The molecule has 0 amide bonds. The zero-order valence-corrected chi connectivity index (χ0v) is 11.4. The molecule has 0 bridgehead atoms. The molecule has 0 saturated heterocycles. The molecule has 17 heavy (non-hydrogen) atoms. The van der Waals surface area contributed by atoms with E-state index >= 15 is 0 Å². The topological polar surface area (TPSA) is 85.1 Å². The molecule has 0 aliphatic rings. The second kappa shape index (κ2) is 4.62. The van der Waals surface area contributed by atoms with Gasteiger partial charge in [-0.15, -0.1) is 0 Å². The summed E-state index contributed by atoms with van der Waals surface area (Å²) in [6.45, 7) is 7.72. The summed E-state index contributed by atoms with van der Waals surface area (Å²) >= 11 is 0. The van der Waals surface area contributed by atoms with Crippen LogP contribution in [0.1, 0.15) is 27.7 Å². The van der Waals surface area contributed by atoms with Crippen molar-refractivity contribution in [3.63, 3.8) is 0 Å². The lowest BCUT2D eigenvalue weighted by Crippen LogP contribution is -2.41. The third-order valence-electron chi connectivity index (χ3n) is 2.72. The van der Waals surface area contributed by atoms with E-state index in [4.69, 9.17) is 5.73 Å². The molecule has 3 N–H and O–H groups in total. The highest BCUT2D eigenvalue weighted by molar-refractivity contribution is 7.89. The number of pyridine rings is 1. The summed E-state index contributed by atoms with van der Waals surface area (Å²) in [6.07, 6.45) is 1.46. The van der Waals surface area contributed by atoms with Gasteiger partial charge < -0.3 is 5.73 Å². The van der Waals surface area contributed by atoms with Crippen molar-refractivity contribution >= 4 is 15.8 Å². The van der Waals surface area contributed by atoms with Crippen molar-refractivity contribution in [1.29, 1.82) is 0 Å². The molecule has 6 heteroatoms. The average Bonchev–Trinajstić information content (AvgIpc) is 2.15. The minimum atomic E-state index is -3.61. The molecule has 0 aromatic carbocycles. The van der Waals surface area contributed by atoms with Gasteiger partial charge in [0.25, 0.3) is 0 Å². The highest BCUT2D eigenvalue weighted by atomic mass is 32.2. The Morgan fingerprint density at radius 1 is 1.41 bits per heavy atom. The first kappa shape index (κ1) is 13.9. The normalized spacial score (nSPS) is 14.6. The van der Waals surface area contributed by atoms with Gasteiger partial charge in [-0.1, -0.05) is 20.8 Å². The first-order valence-electron chi connectivity index (χ1n) is 5.37. The largest absolute Gasteiger partial charge is 0.383 e. The number of hydrogen-bond acceptors (Lipinski definition) is 4. The molecule has 1 heterocycles. The Kier molecular flexibility index (Phi) is 3.78. The van der Waals surface area contributed by atoms with Gasteiger partial charge in [-0.3, -0.25) is 0 Å². The summed E-state index contributed by atoms with van der Waals surface area (Å²) in [7, 11) is -3.61. The lowest BCUT2D eigenvalue weighted by Gasteiger charge is -2.27. The fourth-order valence-corrected chi connectivity index (χ4v) is 2.63. The van der Waals surface area contributed by atoms with E-state index in [9.17, 15) is 8.42 Å². The number of rotatable bonds is 3. The molecular formula is C11H19N3O2S. The average molecular weight is 257 g/mol. The van der Waals surface area contributed by atoms with Gasteiger partial charge >= 0.3 is 0 Å². The molecule has 1 aromatic rings. The van der Waals surface area contributed by atoms with E-state index in [2.05, 4.69) is 9.71 Å². The Bertz CT molecular complexity index is 492. The van der Waals surface area contributed by atoms with Gasteiger partial charge in [0, 0.05) is 12.2 Å². The van der Waals surface area contributed by atoms with Gasteiger partial charge in [0.15, 0.2) is 0 Å². The van der Waals surface area contributed by atoms with Crippen molar-refractivity contribution in [1.82, 2.24) is 9.71 Å². The summed E-state index contributed by atoms with van der Waals surface area (Å²) in [5.74, 6) is 0.0149. The van der Waals surface area contributed by atoms with Gasteiger partial charge in [0.2, 0.25) is 10.0 Å². The highest BCUT2D eigenvalue weighted by Crippen LogP contribution is 2.22. The molecule has 1 unspecified atom stereocenters. The van der Waals surface area contributed by atoms with Crippen LogP contribution < -0.4 is 10.5 Å². The van der Waals surface area contributed by atoms with Crippen LogP contribution >= 0.6 is 0 Å². The van der Waals surface area contributed by atoms with Crippen LogP contribution in [0.25, 0.3) is 0 Å². The van der Waals surface area contributed by atoms with E-state index < -0.39 is 10.0 Å². The van der Waals surface area contributed by atoms with E-state index in [1.54, 1.807) is 6.07 Å². The lowest BCUT2D eigenvalue weighted by molar-refractivity contribution is 0.317. The van der Waals surface area contributed by atoms with Crippen LogP contribution in [0.15, 0.2) is 23.2 Å². The fourth-order valence-electron chi connectivity index (χ4n) is 1.10. The van der Waals surface area contributed by atoms with Crippen molar-refractivity contribution in [3.05, 3.63) is 18.3 Å². The predicted molar refractivity (Wildman–Crippen MR) is 67.9 cm³/mol. The predicted octanol–water partition coefficient (Wildman–Crippen LogP) is 1.38. The van der Waals surface area contributed by atoms with E-state index in [1.807, 2.05) is 27.7 Å². The van der Waals surface area contributed by atoms with E-state index in [0.717, 1.165) is 0 Å². The summed E-state index contributed by atoms with van der Waals surface area (Å²) in [5, 5.41) is 0. The van der Waals surface area contributed by atoms with Crippen LogP contribution in [0.4, 0.5) is 5.82 Å². The molecule has 0 spiro atoms. The number of anilines is 1. The first-order valence-corrected chi connectivity index (χ1v) is 6.86. The monoisotopic (exact) mass is 257 g/mol. The minimum absolute atomic E-state index is 0.0149. The first-order chi connectivity index (χ1) is 7.64. The lowest BCUT2D eigenvalue weighted by atomic mass is 9.89. The molecule has 1 aromatic heterocycles. The summed E-state index contributed by atoms with van der Waals surface area (Å²) in [5.41, 5.74) is 5.40. The summed E-state index contributed by atoms with van der Waals surface area (Å²) in [6, 6.07) is 2.79. The van der Waals surface area contributed by atoms with Crippen molar-refractivity contribution in [3.8, 4) is 0 Å². The molecule has 0 saturated carbocycles. The maximum Gasteiger partial charge on any atom is 0.244 e. The second-order valence-electron chi connectivity index (χ2n) is 5.10. The van der Waals surface area contributed by atoms with Crippen LogP contribution in [0.5, 0.6) is 0 Å². The van der Waals surface area contributed by atoms with Crippen LogP contribution in [0.2, 0.25) is 0 Å². The molecule has 0 aliphatic heterocycles. The third kappa shape index (κ3) is 3.41. The Morgan fingerprint density at radius 3 is 2.47 bits per heavy atom. The number of nitrogens with zero attached hydrogens (tertiary/aromatic N) is 1. The van der Waals surface area contributed by atoms with Gasteiger partial charge in [-0.2, -0.15) is 0 Å². The molecule has 1 rings (SSSR count). The molecule has 0 radical (unpaired) electrons. The quantitative estimate of drug-likeness (QED) is 0.856. The van der Waals surface area contributed by atoms with Gasteiger partial charge in [-0.25, -0.2) is 18.1 Å². The molecule has 1 atom stereocenters.